The molecule has 1 N–H and O–H groups in total. The highest BCUT2D eigenvalue weighted by molar-refractivity contribution is 6.31. The number of piperidine rings is 1. The number of benzene rings is 1. The Hall–Kier alpha value is -1.59. The van der Waals surface area contributed by atoms with Crippen LogP contribution in [-0.2, 0) is 9.59 Å². The van der Waals surface area contributed by atoms with E-state index >= 15 is 0 Å². The molecule has 0 radical (unpaired) electrons. The van der Waals surface area contributed by atoms with Crippen LogP contribution in [0.5, 0.6) is 0 Å². The standard InChI is InChI=1S/C19H24ClN3O2/c1-13-2-3-15(10-16(13)20)22-7-4-14(5-8-22)23-9-6-19(12-23)11-17(24)21-18(19)25/h2-3,10,14H,4-9,11-12H2,1H3,(H,21,24,25)/t19-/m1/s1. The number of halogens is 1. The molecule has 1 atom stereocenters. The van der Waals surface area contributed by atoms with Crippen LogP contribution in [0.2, 0.25) is 5.02 Å². The molecule has 3 heterocycles. The zero-order valence-corrected chi connectivity index (χ0v) is 15.3. The van der Waals surface area contributed by atoms with Crippen molar-refractivity contribution in [2.24, 2.45) is 5.41 Å². The Balaban J connectivity index is 1.37. The Bertz CT molecular complexity index is 715. The smallest absolute Gasteiger partial charge is 0.234 e. The van der Waals surface area contributed by atoms with Gasteiger partial charge in [-0.1, -0.05) is 17.7 Å². The molecule has 1 spiro atoms. The average Bonchev–Trinajstić information content (AvgIpc) is 3.14. The number of nitrogens with one attached hydrogen (secondary N) is 1. The number of amides is 2. The number of carbonyl (C=O) groups is 2. The zero-order valence-electron chi connectivity index (χ0n) is 14.6. The van der Waals surface area contributed by atoms with E-state index < -0.39 is 5.41 Å². The fourth-order valence-corrected chi connectivity index (χ4v) is 4.68. The summed E-state index contributed by atoms with van der Waals surface area (Å²) in [6, 6.07) is 6.77. The Morgan fingerprint density at radius 3 is 2.60 bits per heavy atom. The number of carbonyl (C=O) groups excluding carboxylic acids is 2. The first-order chi connectivity index (χ1) is 12.0. The van der Waals surface area contributed by atoms with Gasteiger partial charge < -0.3 is 4.90 Å². The van der Waals surface area contributed by atoms with Crippen molar-refractivity contribution < 1.29 is 9.59 Å². The lowest BCUT2D eigenvalue weighted by Gasteiger charge is -2.38. The van der Waals surface area contributed by atoms with E-state index in [1.54, 1.807) is 0 Å². The molecular weight excluding hydrogens is 338 g/mol. The summed E-state index contributed by atoms with van der Waals surface area (Å²) < 4.78 is 0. The maximum Gasteiger partial charge on any atom is 0.234 e. The summed E-state index contributed by atoms with van der Waals surface area (Å²) in [5, 5.41) is 3.30. The van der Waals surface area contributed by atoms with Gasteiger partial charge in [0.05, 0.1) is 5.41 Å². The second kappa shape index (κ2) is 6.29. The van der Waals surface area contributed by atoms with Gasteiger partial charge >= 0.3 is 0 Å². The third kappa shape index (κ3) is 3.04. The van der Waals surface area contributed by atoms with E-state index in [0.29, 0.717) is 12.5 Å². The molecule has 0 bridgehead atoms. The number of aryl methyl sites for hydroxylation is 1. The fraction of sp³-hybridized carbons (Fsp3) is 0.579. The third-order valence-corrected chi connectivity index (χ3v) is 6.53. The van der Waals surface area contributed by atoms with Crippen molar-refractivity contribution in [3.63, 3.8) is 0 Å². The predicted octanol–water partition coefficient (Wildman–Crippen LogP) is 2.36. The minimum Gasteiger partial charge on any atom is -0.371 e. The lowest BCUT2D eigenvalue weighted by atomic mass is 9.85. The van der Waals surface area contributed by atoms with Gasteiger partial charge in [0.1, 0.15) is 0 Å². The Kier molecular flexibility index (Phi) is 4.24. The highest BCUT2D eigenvalue weighted by Gasteiger charge is 2.51. The van der Waals surface area contributed by atoms with Gasteiger partial charge in [0.25, 0.3) is 0 Å². The molecule has 3 fully saturated rings. The van der Waals surface area contributed by atoms with Crippen molar-refractivity contribution in [3.05, 3.63) is 28.8 Å². The first-order valence-electron chi connectivity index (χ1n) is 9.06. The van der Waals surface area contributed by atoms with Gasteiger partial charge in [0.15, 0.2) is 0 Å². The molecule has 0 aliphatic carbocycles. The SMILES string of the molecule is Cc1ccc(N2CCC(N3CC[C@@]4(CC(=O)NC4=O)C3)CC2)cc1Cl. The van der Waals surface area contributed by atoms with Crippen molar-refractivity contribution in [1.82, 2.24) is 10.2 Å². The molecule has 5 nitrogen and oxygen atoms in total. The second-order valence-electron chi connectivity index (χ2n) is 7.71. The van der Waals surface area contributed by atoms with Gasteiger partial charge in [0.2, 0.25) is 11.8 Å². The number of hydrogen-bond acceptors (Lipinski definition) is 4. The van der Waals surface area contributed by atoms with Gasteiger partial charge in [-0.25, -0.2) is 0 Å². The van der Waals surface area contributed by atoms with E-state index in [4.69, 9.17) is 11.6 Å². The van der Waals surface area contributed by atoms with Crippen LogP contribution in [0.25, 0.3) is 0 Å². The summed E-state index contributed by atoms with van der Waals surface area (Å²) in [6.45, 7) is 5.66. The Labute approximate surface area is 153 Å². The van der Waals surface area contributed by atoms with E-state index in [2.05, 4.69) is 33.3 Å². The van der Waals surface area contributed by atoms with Crippen LogP contribution >= 0.6 is 11.6 Å². The molecule has 2 amide bonds. The summed E-state index contributed by atoms with van der Waals surface area (Å²) >= 11 is 6.26. The van der Waals surface area contributed by atoms with Gasteiger partial charge in [-0.3, -0.25) is 19.8 Å². The number of imide groups is 1. The predicted molar refractivity (Wildman–Crippen MR) is 97.8 cm³/mol. The molecule has 134 valence electrons. The molecule has 6 heteroatoms. The van der Waals surface area contributed by atoms with Gasteiger partial charge in [-0.05, 0) is 50.4 Å². The number of hydrogen-bond donors (Lipinski definition) is 1. The van der Waals surface area contributed by atoms with E-state index in [-0.39, 0.29) is 11.8 Å². The first-order valence-corrected chi connectivity index (χ1v) is 9.44. The van der Waals surface area contributed by atoms with Crippen molar-refractivity contribution in [2.45, 2.75) is 38.6 Å². The number of likely N-dealkylation sites (tertiary alicyclic amines) is 1. The number of anilines is 1. The monoisotopic (exact) mass is 361 g/mol. The molecular formula is C19H24ClN3O2. The molecule has 25 heavy (non-hydrogen) atoms. The highest BCUT2D eigenvalue weighted by atomic mass is 35.5. The van der Waals surface area contributed by atoms with Crippen LogP contribution in [-0.4, -0.2) is 48.9 Å². The third-order valence-electron chi connectivity index (χ3n) is 6.12. The van der Waals surface area contributed by atoms with Crippen LogP contribution in [0.15, 0.2) is 18.2 Å². The minimum absolute atomic E-state index is 0.0632. The zero-order chi connectivity index (χ0) is 17.6. The summed E-state index contributed by atoms with van der Waals surface area (Å²) in [4.78, 5) is 28.6. The molecule has 0 unspecified atom stereocenters. The molecule has 1 aromatic rings. The van der Waals surface area contributed by atoms with Gasteiger partial charge in [0, 0.05) is 42.8 Å². The normalized spacial score (nSPS) is 28.2. The molecule has 4 rings (SSSR count). The topological polar surface area (TPSA) is 52.6 Å². The lowest BCUT2D eigenvalue weighted by Crippen LogP contribution is -2.45. The molecule has 1 aromatic carbocycles. The van der Waals surface area contributed by atoms with Crippen LogP contribution in [0, 0.1) is 12.3 Å². The molecule has 3 aliphatic rings. The quantitative estimate of drug-likeness (QED) is 0.822. The molecule has 3 saturated heterocycles. The van der Waals surface area contributed by atoms with Gasteiger partial charge in [-0.15, -0.1) is 0 Å². The maximum atomic E-state index is 12.2. The van der Waals surface area contributed by atoms with E-state index in [9.17, 15) is 9.59 Å². The van der Waals surface area contributed by atoms with Crippen molar-refractivity contribution in [1.29, 1.82) is 0 Å². The van der Waals surface area contributed by atoms with Crippen molar-refractivity contribution in [3.8, 4) is 0 Å². The van der Waals surface area contributed by atoms with Crippen LogP contribution in [0.4, 0.5) is 5.69 Å². The van der Waals surface area contributed by atoms with Crippen LogP contribution < -0.4 is 10.2 Å². The van der Waals surface area contributed by atoms with Gasteiger partial charge in [-0.2, -0.15) is 0 Å². The maximum absolute atomic E-state index is 12.2. The Morgan fingerprint density at radius 1 is 1.20 bits per heavy atom. The van der Waals surface area contributed by atoms with Crippen LogP contribution in [0.1, 0.15) is 31.2 Å². The molecule has 3 aliphatic heterocycles. The summed E-state index contributed by atoms with van der Waals surface area (Å²) in [6.07, 6.45) is 3.33. The highest BCUT2D eigenvalue weighted by Crippen LogP contribution is 2.39. The first kappa shape index (κ1) is 16.9. The van der Waals surface area contributed by atoms with E-state index in [1.165, 1.54) is 5.69 Å². The fourth-order valence-electron chi connectivity index (χ4n) is 4.50. The minimum atomic E-state index is -0.460. The second-order valence-corrected chi connectivity index (χ2v) is 8.11. The van der Waals surface area contributed by atoms with Crippen molar-refractivity contribution in [2.75, 3.05) is 31.1 Å². The molecule has 0 saturated carbocycles. The number of rotatable bonds is 2. The summed E-state index contributed by atoms with van der Waals surface area (Å²) in [7, 11) is 0. The molecule has 0 aromatic heterocycles. The van der Waals surface area contributed by atoms with E-state index in [0.717, 1.165) is 56.0 Å². The van der Waals surface area contributed by atoms with E-state index in [1.807, 2.05) is 6.92 Å². The average molecular weight is 362 g/mol. The van der Waals surface area contributed by atoms with Crippen LogP contribution in [0.3, 0.4) is 0 Å². The number of nitrogens with zero attached hydrogens (tertiary/aromatic N) is 2. The summed E-state index contributed by atoms with van der Waals surface area (Å²) in [5.74, 6) is -0.176. The summed E-state index contributed by atoms with van der Waals surface area (Å²) in [5.41, 5.74) is 1.83. The van der Waals surface area contributed by atoms with Crippen molar-refractivity contribution >= 4 is 29.1 Å². The largest absolute Gasteiger partial charge is 0.371 e. The lowest BCUT2D eigenvalue weighted by molar-refractivity contribution is -0.128. The Morgan fingerprint density at radius 2 is 1.96 bits per heavy atom.